The topological polar surface area (TPSA) is 80.8 Å². The Balaban J connectivity index is 1.18. The number of carbonyl (C=O) groups is 2. The van der Waals surface area contributed by atoms with Crippen molar-refractivity contribution in [3.05, 3.63) is 17.7 Å². The molecule has 4 bridgehead atoms. The highest BCUT2D eigenvalue weighted by molar-refractivity contribution is 7.99. The van der Waals surface area contributed by atoms with E-state index in [0.717, 1.165) is 62.5 Å². The van der Waals surface area contributed by atoms with Gasteiger partial charge in [-0.2, -0.15) is 8.78 Å². The molecule has 10 heteroatoms. The fourth-order valence-electron chi connectivity index (χ4n) is 8.31. The lowest BCUT2D eigenvalue weighted by molar-refractivity contribution is -0.260. The number of alkyl halides is 2. The number of thioether (sulfide) groups is 1. The van der Waals surface area contributed by atoms with E-state index in [4.69, 9.17) is 14.5 Å². The van der Waals surface area contributed by atoms with E-state index in [-0.39, 0.29) is 35.7 Å². The van der Waals surface area contributed by atoms with Crippen LogP contribution in [0.3, 0.4) is 0 Å². The molecule has 1 aliphatic heterocycles. The summed E-state index contributed by atoms with van der Waals surface area (Å²) >= 11 is 1.72. The molecule has 0 aromatic carbocycles. The van der Waals surface area contributed by atoms with Crippen molar-refractivity contribution in [1.82, 2.24) is 10.3 Å². The summed E-state index contributed by atoms with van der Waals surface area (Å²) in [6, 6.07) is 3.82. The van der Waals surface area contributed by atoms with Crippen molar-refractivity contribution < 1.29 is 27.8 Å². The predicted molar refractivity (Wildman–Crippen MR) is 144 cm³/mol. The van der Waals surface area contributed by atoms with Gasteiger partial charge < -0.3 is 19.7 Å². The largest absolute Gasteiger partial charge is 0.469 e. The van der Waals surface area contributed by atoms with Gasteiger partial charge in [-0.05, 0) is 87.2 Å². The van der Waals surface area contributed by atoms with E-state index in [0.29, 0.717) is 36.0 Å². The minimum Gasteiger partial charge on any atom is -0.469 e. The first-order chi connectivity index (χ1) is 18.8. The predicted octanol–water partition coefficient (Wildman–Crippen LogP) is 5.42. The lowest BCUT2D eigenvalue weighted by Crippen LogP contribution is -2.62. The van der Waals surface area contributed by atoms with Crippen LogP contribution in [-0.4, -0.2) is 60.6 Å². The number of nitrogens with zero attached hydrogens (tertiary/aromatic N) is 2. The number of aromatic nitrogens is 1. The zero-order valence-corrected chi connectivity index (χ0v) is 23.4. The van der Waals surface area contributed by atoms with Gasteiger partial charge in [-0.1, -0.05) is 12.8 Å². The highest BCUT2D eigenvalue weighted by Crippen LogP contribution is 2.57. The molecule has 1 amide bonds. The first kappa shape index (κ1) is 27.2. The van der Waals surface area contributed by atoms with Crippen LogP contribution < -0.4 is 10.2 Å². The van der Waals surface area contributed by atoms with E-state index in [1.165, 1.54) is 20.0 Å². The molecule has 1 aromatic rings. The monoisotopic (exact) mass is 563 g/mol. The van der Waals surface area contributed by atoms with Gasteiger partial charge in [0, 0.05) is 24.4 Å². The molecule has 7 nitrogen and oxygen atoms in total. The number of hydrogen-bond acceptors (Lipinski definition) is 7. The minimum atomic E-state index is -2.75. The summed E-state index contributed by atoms with van der Waals surface area (Å²) in [4.78, 5) is 32.7. The first-order valence-electron chi connectivity index (χ1n) is 14.6. The fraction of sp³-hybridized carbons (Fsp3) is 0.759. The van der Waals surface area contributed by atoms with Crippen molar-refractivity contribution in [2.24, 2.45) is 23.7 Å². The number of carbonyl (C=O) groups excluding carboxylic acids is 2. The number of esters is 1. The standard InChI is InChI=1S/C29H39F2N3O4S/c1-37-24(35)12-17-8-9-34(16-17)23-7-6-22(27(32-23)39-21-4-2-3-5-21)26(36)33-25-19-10-18-11-20(25)15-29(13-18,14-19)38-28(30)31/h6-7,17-21,25,28H,2-5,8-16H2,1H3,(H,33,36). The third kappa shape index (κ3) is 5.78. The van der Waals surface area contributed by atoms with Crippen LogP contribution in [0.1, 0.15) is 81.0 Å². The summed E-state index contributed by atoms with van der Waals surface area (Å²) in [5, 5.41) is 4.57. The molecule has 1 N–H and O–H groups in total. The van der Waals surface area contributed by atoms with Crippen molar-refractivity contribution in [3.8, 4) is 0 Å². The fourth-order valence-corrected chi connectivity index (χ4v) is 9.63. The molecule has 0 radical (unpaired) electrons. The molecular weight excluding hydrogens is 524 g/mol. The molecule has 39 heavy (non-hydrogen) atoms. The molecule has 5 saturated carbocycles. The van der Waals surface area contributed by atoms with Crippen LogP contribution >= 0.6 is 11.8 Å². The summed E-state index contributed by atoms with van der Waals surface area (Å²) in [5.41, 5.74) is -0.117. The van der Waals surface area contributed by atoms with Gasteiger partial charge >= 0.3 is 12.6 Å². The van der Waals surface area contributed by atoms with Gasteiger partial charge in [0.15, 0.2) is 0 Å². The highest BCUT2D eigenvalue weighted by atomic mass is 32.2. The maximum absolute atomic E-state index is 13.7. The number of rotatable bonds is 9. The molecule has 1 saturated heterocycles. The van der Waals surface area contributed by atoms with Gasteiger partial charge in [-0.3, -0.25) is 9.59 Å². The number of hydrogen-bond donors (Lipinski definition) is 1. The van der Waals surface area contributed by atoms with E-state index in [9.17, 15) is 18.4 Å². The summed E-state index contributed by atoms with van der Waals surface area (Å²) < 4.78 is 36.4. The Bertz CT molecular complexity index is 1060. The molecule has 1 aromatic heterocycles. The third-order valence-corrected chi connectivity index (χ3v) is 11.2. The Morgan fingerprint density at radius 3 is 2.59 bits per heavy atom. The molecule has 0 spiro atoms. The Morgan fingerprint density at radius 2 is 1.90 bits per heavy atom. The molecule has 3 unspecified atom stereocenters. The van der Waals surface area contributed by atoms with Crippen LogP contribution in [0, 0.1) is 23.7 Å². The average Bonchev–Trinajstić information content (AvgIpc) is 3.57. The Hall–Kier alpha value is -1.94. The van der Waals surface area contributed by atoms with Crippen molar-refractivity contribution in [2.45, 2.75) is 99.2 Å². The zero-order valence-electron chi connectivity index (χ0n) is 22.6. The molecule has 2 heterocycles. The average molecular weight is 564 g/mol. The number of anilines is 1. The summed E-state index contributed by atoms with van der Waals surface area (Å²) in [7, 11) is 1.42. The molecular formula is C29H39F2N3O4S. The Labute approximate surface area is 233 Å². The van der Waals surface area contributed by atoms with Gasteiger partial charge in [-0.25, -0.2) is 4.98 Å². The maximum atomic E-state index is 13.7. The number of amides is 1. The maximum Gasteiger partial charge on any atom is 0.345 e. The SMILES string of the molecule is COC(=O)CC1CCN(c2ccc(C(=O)NC3C4CC5CC3CC(OC(F)F)(C5)C4)c(SC3CCCC3)n2)C1. The molecule has 7 rings (SSSR count). The normalized spacial score (nSPS) is 33.7. The highest BCUT2D eigenvalue weighted by Gasteiger charge is 2.57. The molecule has 3 atom stereocenters. The van der Waals surface area contributed by atoms with Crippen LogP contribution in [0.15, 0.2) is 17.2 Å². The van der Waals surface area contributed by atoms with Crippen LogP contribution in [0.2, 0.25) is 0 Å². The number of ether oxygens (including phenoxy) is 2. The second-order valence-electron chi connectivity index (χ2n) is 12.5. The van der Waals surface area contributed by atoms with Crippen LogP contribution in [-0.2, 0) is 14.3 Å². The van der Waals surface area contributed by atoms with Crippen molar-refractivity contribution in [1.29, 1.82) is 0 Å². The summed E-state index contributed by atoms with van der Waals surface area (Å²) in [5.74, 6) is 1.55. The first-order valence-corrected chi connectivity index (χ1v) is 15.4. The van der Waals surface area contributed by atoms with Gasteiger partial charge in [0.25, 0.3) is 5.91 Å². The molecule has 6 fully saturated rings. The molecule has 214 valence electrons. The van der Waals surface area contributed by atoms with Crippen molar-refractivity contribution in [3.63, 3.8) is 0 Å². The van der Waals surface area contributed by atoms with Crippen LogP contribution in [0.25, 0.3) is 0 Å². The Morgan fingerprint density at radius 1 is 1.15 bits per heavy atom. The summed E-state index contributed by atoms with van der Waals surface area (Å²) in [6.45, 7) is -1.18. The van der Waals surface area contributed by atoms with Crippen LogP contribution in [0.4, 0.5) is 14.6 Å². The van der Waals surface area contributed by atoms with E-state index in [1.54, 1.807) is 11.8 Å². The van der Waals surface area contributed by atoms with Crippen molar-refractivity contribution in [2.75, 3.05) is 25.1 Å². The van der Waals surface area contributed by atoms with Gasteiger partial charge in [-0.15, -0.1) is 11.8 Å². The van der Waals surface area contributed by atoms with E-state index in [2.05, 4.69) is 10.2 Å². The molecule has 5 aliphatic carbocycles. The summed E-state index contributed by atoms with van der Waals surface area (Å²) in [6.07, 6.45) is 9.83. The second kappa shape index (κ2) is 11.1. The zero-order chi connectivity index (χ0) is 27.1. The Kier molecular flexibility index (Phi) is 7.79. The second-order valence-corrected chi connectivity index (χ2v) is 13.7. The quantitative estimate of drug-likeness (QED) is 0.402. The lowest BCUT2D eigenvalue weighted by Gasteiger charge is -2.59. The van der Waals surface area contributed by atoms with Gasteiger partial charge in [0.05, 0.1) is 24.7 Å². The number of halogens is 2. The number of nitrogens with one attached hydrogen (secondary N) is 1. The molecule has 6 aliphatic rings. The smallest absolute Gasteiger partial charge is 0.345 e. The number of methoxy groups -OCH3 is 1. The van der Waals surface area contributed by atoms with Gasteiger partial charge in [0.2, 0.25) is 0 Å². The van der Waals surface area contributed by atoms with Crippen molar-refractivity contribution >= 4 is 29.5 Å². The van der Waals surface area contributed by atoms with E-state index < -0.39 is 12.2 Å². The van der Waals surface area contributed by atoms with E-state index >= 15 is 0 Å². The van der Waals surface area contributed by atoms with Gasteiger partial charge in [0.1, 0.15) is 10.8 Å². The van der Waals surface area contributed by atoms with E-state index in [1.807, 2.05) is 12.1 Å². The lowest BCUT2D eigenvalue weighted by atomic mass is 9.52. The third-order valence-electron chi connectivity index (χ3n) is 9.82. The van der Waals surface area contributed by atoms with Crippen LogP contribution in [0.5, 0.6) is 0 Å². The minimum absolute atomic E-state index is 0.00915. The number of pyridine rings is 1.